The van der Waals surface area contributed by atoms with Crippen LogP contribution in [0.5, 0.6) is 5.75 Å². The highest BCUT2D eigenvalue weighted by Crippen LogP contribution is 2.35. The number of carbonyl (C=O) groups is 1. The standard InChI is InChI=1S/C17H15N3O2S/c1-17(2)9-12-7-11(3-4-14(12)22-17)8-13(10-18)15(21)20-16-19-5-6-23-16/h3-8H,9H2,1-2H3,(H,19,20,21)/b13-8+. The van der Waals surface area contributed by atoms with Gasteiger partial charge >= 0.3 is 0 Å². The molecule has 0 fully saturated rings. The summed E-state index contributed by atoms with van der Waals surface area (Å²) in [5, 5.41) is 14.1. The van der Waals surface area contributed by atoms with Crippen molar-refractivity contribution < 1.29 is 9.53 Å². The molecule has 1 aliphatic heterocycles. The number of anilines is 1. The van der Waals surface area contributed by atoms with Crippen LogP contribution < -0.4 is 10.1 Å². The first-order valence-corrected chi connectivity index (χ1v) is 7.99. The Labute approximate surface area is 138 Å². The van der Waals surface area contributed by atoms with Gasteiger partial charge in [-0.25, -0.2) is 4.98 Å². The maximum atomic E-state index is 12.1. The molecule has 0 radical (unpaired) electrons. The summed E-state index contributed by atoms with van der Waals surface area (Å²) in [6, 6.07) is 7.62. The molecule has 0 saturated heterocycles. The predicted molar refractivity (Wildman–Crippen MR) is 89.2 cm³/mol. The lowest BCUT2D eigenvalue weighted by molar-refractivity contribution is -0.112. The molecule has 1 N–H and O–H groups in total. The highest BCUT2D eigenvalue weighted by molar-refractivity contribution is 7.13. The second kappa shape index (κ2) is 5.86. The minimum Gasteiger partial charge on any atom is -0.487 e. The summed E-state index contributed by atoms with van der Waals surface area (Å²) < 4.78 is 5.83. The van der Waals surface area contributed by atoms with Gasteiger partial charge in [-0.05, 0) is 43.2 Å². The van der Waals surface area contributed by atoms with Gasteiger partial charge in [0.1, 0.15) is 23.0 Å². The van der Waals surface area contributed by atoms with E-state index in [2.05, 4.69) is 10.3 Å². The fourth-order valence-electron chi connectivity index (χ4n) is 2.48. The van der Waals surface area contributed by atoms with Gasteiger partial charge in [-0.2, -0.15) is 5.26 Å². The van der Waals surface area contributed by atoms with Crippen molar-refractivity contribution in [2.75, 3.05) is 5.32 Å². The Hall–Kier alpha value is -2.65. The Morgan fingerprint density at radius 1 is 1.52 bits per heavy atom. The molecule has 1 aromatic heterocycles. The topological polar surface area (TPSA) is 75.0 Å². The average molecular weight is 325 g/mol. The molecule has 3 rings (SSSR count). The van der Waals surface area contributed by atoms with Crippen molar-refractivity contribution in [1.82, 2.24) is 4.98 Å². The second-order valence-electron chi connectivity index (χ2n) is 5.87. The van der Waals surface area contributed by atoms with Crippen LogP contribution in [-0.2, 0) is 11.2 Å². The number of rotatable bonds is 3. The van der Waals surface area contributed by atoms with E-state index < -0.39 is 5.91 Å². The molecule has 6 heteroatoms. The summed E-state index contributed by atoms with van der Waals surface area (Å²) in [7, 11) is 0. The number of benzene rings is 1. The van der Waals surface area contributed by atoms with E-state index in [1.165, 1.54) is 11.3 Å². The van der Waals surface area contributed by atoms with Gasteiger partial charge in [0.05, 0.1) is 0 Å². The zero-order valence-electron chi connectivity index (χ0n) is 12.8. The third-order valence-electron chi connectivity index (χ3n) is 3.42. The van der Waals surface area contributed by atoms with Crippen molar-refractivity contribution in [2.45, 2.75) is 25.9 Å². The third kappa shape index (κ3) is 3.41. The first-order valence-electron chi connectivity index (χ1n) is 7.11. The number of amides is 1. The lowest BCUT2D eigenvalue weighted by Gasteiger charge is -2.16. The Bertz CT molecular complexity index is 817. The summed E-state index contributed by atoms with van der Waals surface area (Å²) in [5.41, 5.74) is 1.71. The molecule has 0 atom stereocenters. The number of ether oxygens (including phenoxy) is 1. The number of aromatic nitrogens is 1. The molecule has 2 heterocycles. The predicted octanol–water partition coefficient (Wildman–Crippen LogP) is 3.40. The average Bonchev–Trinajstić information content (AvgIpc) is 3.09. The second-order valence-corrected chi connectivity index (χ2v) is 6.76. The van der Waals surface area contributed by atoms with Crippen LogP contribution >= 0.6 is 11.3 Å². The molecule has 0 saturated carbocycles. The lowest BCUT2D eigenvalue weighted by Crippen LogP contribution is -2.24. The summed E-state index contributed by atoms with van der Waals surface area (Å²) in [6.45, 7) is 4.06. The van der Waals surface area contributed by atoms with Gasteiger partial charge in [0.25, 0.3) is 5.91 Å². The minimum absolute atomic E-state index is 0.0401. The normalized spacial score (nSPS) is 15.4. The lowest BCUT2D eigenvalue weighted by atomic mass is 9.99. The van der Waals surface area contributed by atoms with E-state index in [0.717, 1.165) is 23.3 Å². The van der Waals surface area contributed by atoms with Crippen molar-refractivity contribution >= 4 is 28.5 Å². The highest BCUT2D eigenvalue weighted by Gasteiger charge is 2.29. The maximum absolute atomic E-state index is 12.1. The smallest absolute Gasteiger partial charge is 0.268 e. The number of thiazole rings is 1. The van der Waals surface area contributed by atoms with Crippen LogP contribution in [-0.4, -0.2) is 16.5 Å². The maximum Gasteiger partial charge on any atom is 0.268 e. The SMILES string of the molecule is CC1(C)Cc2cc(/C=C(\C#N)C(=O)Nc3nccs3)ccc2O1. The molecule has 116 valence electrons. The number of hydrogen-bond donors (Lipinski definition) is 1. The van der Waals surface area contributed by atoms with Crippen molar-refractivity contribution in [3.05, 3.63) is 46.5 Å². The van der Waals surface area contributed by atoms with Crippen LogP contribution in [0.15, 0.2) is 35.3 Å². The van der Waals surface area contributed by atoms with Gasteiger partial charge in [-0.15, -0.1) is 11.3 Å². The highest BCUT2D eigenvalue weighted by atomic mass is 32.1. The van der Waals surface area contributed by atoms with E-state index in [1.54, 1.807) is 17.7 Å². The molecule has 5 nitrogen and oxygen atoms in total. The van der Waals surface area contributed by atoms with E-state index in [0.29, 0.717) is 5.13 Å². The molecule has 0 aliphatic carbocycles. The number of fused-ring (bicyclic) bond motifs is 1. The fraction of sp³-hybridized carbons (Fsp3) is 0.235. The van der Waals surface area contributed by atoms with Crippen LogP contribution in [0.2, 0.25) is 0 Å². The van der Waals surface area contributed by atoms with E-state index in [4.69, 9.17) is 4.74 Å². The monoisotopic (exact) mass is 325 g/mol. The Morgan fingerprint density at radius 3 is 3.04 bits per heavy atom. The molecule has 1 amide bonds. The summed E-state index contributed by atoms with van der Waals surface area (Å²) >= 11 is 1.31. The fourth-order valence-corrected chi connectivity index (χ4v) is 3.01. The molecular weight excluding hydrogens is 310 g/mol. The number of nitriles is 1. The summed E-state index contributed by atoms with van der Waals surface area (Å²) in [5.74, 6) is 0.400. The van der Waals surface area contributed by atoms with E-state index in [1.807, 2.05) is 38.1 Å². The Morgan fingerprint density at radius 2 is 2.35 bits per heavy atom. The molecule has 0 bridgehead atoms. The van der Waals surface area contributed by atoms with Crippen LogP contribution in [0.3, 0.4) is 0 Å². The minimum atomic E-state index is -0.459. The zero-order chi connectivity index (χ0) is 16.4. The van der Waals surface area contributed by atoms with Crippen LogP contribution in [0.1, 0.15) is 25.0 Å². The molecule has 1 aromatic carbocycles. The largest absolute Gasteiger partial charge is 0.487 e. The van der Waals surface area contributed by atoms with Gasteiger partial charge in [0, 0.05) is 18.0 Å². The number of nitrogens with one attached hydrogen (secondary N) is 1. The first-order chi connectivity index (χ1) is 11.0. The first kappa shape index (κ1) is 15.3. The van der Waals surface area contributed by atoms with Crippen LogP contribution in [0.4, 0.5) is 5.13 Å². The number of carbonyl (C=O) groups excluding carboxylic acids is 1. The third-order valence-corrected chi connectivity index (χ3v) is 4.10. The van der Waals surface area contributed by atoms with Crippen molar-refractivity contribution in [1.29, 1.82) is 5.26 Å². The Balaban J connectivity index is 1.82. The summed E-state index contributed by atoms with van der Waals surface area (Å²) in [6.07, 6.45) is 3.98. The van der Waals surface area contributed by atoms with Crippen molar-refractivity contribution in [3.63, 3.8) is 0 Å². The number of nitrogens with zero attached hydrogens (tertiary/aromatic N) is 2. The quantitative estimate of drug-likeness (QED) is 0.693. The Kier molecular flexibility index (Phi) is 3.89. The van der Waals surface area contributed by atoms with E-state index in [-0.39, 0.29) is 11.2 Å². The van der Waals surface area contributed by atoms with E-state index in [9.17, 15) is 10.1 Å². The molecule has 2 aromatic rings. The van der Waals surface area contributed by atoms with Gasteiger partial charge in [-0.3, -0.25) is 10.1 Å². The molecule has 1 aliphatic rings. The zero-order valence-corrected chi connectivity index (χ0v) is 13.6. The molecule has 0 unspecified atom stereocenters. The van der Waals surface area contributed by atoms with Gasteiger partial charge in [0.2, 0.25) is 0 Å². The van der Waals surface area contributed by atoms with Crippen molar-refractivity contribution in [3.8, 4) is 11.8 Å². The van der Waals surface area contributed by atoms with Crippen LogP contribution in [0, 0.1) is 11.3 Å². The molecule has 23 heavy (non-hydrogen) atoms. The van der Waals surface area contributed by atoms with Gasteiger partial charge in [0.15, 0.2) is 5.13 Å². The molecular formula is C17H15N3O2S. The molecule has 0 spiro atoms. The van der Waals surface area contributed by atoms with Crippen molar-refractivity contribution in [2.24, 2.45) is 0 Å². The van der Waals surface area contributed by atoms with E-state index >= 15 is 0 Å². The summed E-state index contributed by atoms with van der Waals surface area (Å²) in [4.78, 5) is 16.1. The number of hydrogen-bond acceptors (Lipinski definition) is 5. The van der Waals surface area contributed by atoms with Crippen LogP contribution in [0.25, 0.3) is 6.08 Å². The van der Waals surface area contributed by atoms with Gasteiger partial charge in [-0.1, -0.05) is 6.07 Å². The van der Waals surface area contributed by atoms with Gasteiger partial charge < -0.3 is 4.74 Å².